The van der Waals surface area contributed by atoms with Crippen molar-refractivity contribution < 1.29 is 23.9 Å². The molecule has 0 fully saturated rings. The van der Waals surface area contributed by atoms with Crippen molar-refractivity contribution in [1.29, 1.82) is 0 Å². The number of ether oxygens (including phenoxy) is 2. The Balaban J connectivity index is 1.84. The van der Waals surface area contributed by atoms with Gasteiger partial charge in [0.1, 0.15) is 11.5 Å². The van der Waals surface area contributed by atoms with E-state index in [-0.39, 0.29) is 5.78 Å². The number of rotatable bonds is 7. The van der Waals surface area contributed by atoms with Gasteiger partial charge in [-0.3, -0.25) is 25.2 Å². The van der Waals surface area contributed by atoms with Crippen LogP contribution in [0.15, 0.2) is 36.4 Å². The van der Waals surface area contributed by atoms with Crippen LogP contribution in [0.3, 0.4) is 0 Å². The van der Waals surface area contributed by atoms with Crippen LogP contribution in [-0.2, 0) is 4.79 Å². The molecule has 0 radical (unpaired) electrons. The molecule has 0 saturated heterocycles. The molecular formula is C18H20N2O5S. The van der Waals surface area contributed by atoms with Crippen LogP contribution in [0, 0.1) is 0 Å². The van der Waals surface area contributed by atoms with Crippen molar-refractivity contribution in [1.82, 2.24) is 10.9 Å². The molecule has 0 spiro atoms. The fourth-order valence-corrected chi connectivity index (χ4v) is 2.77. The summed E-state index contributed by atoms with van der Waals surface area (Å²) in [6, 6.07) is 9.98. The van der Waals surface area contributed by atoms with Crippen LogP contribution in [-0.4, -0.2) is 30.3 Å². The molecule has 0 unspecified atom stereocenters. The number of hydrogen-bond acceptors (Lipinski definition) is 6. The molecule has 1 heterocycles. The predicted molar refractivity (Wildman–Crippen MR) is 97.6 cm³/mol. The highest BCUT2D eigenvalue weighted by Gasteiger charge is 2.17. The maximum Gasteiger partial charge on any atom is 0.279 e. The van der Waals surface area contributed by atoms with Crippen molar-refractivity contribution in [2.45, 2.75) is 26.9 Å². The third-order valence-electron chi connectivity index (χ3n) is 3.29. The van der Waals surface area contributed by atoms with Gasteiger partial charge in [-0.05, 0) is 57.2 Å². The van der Waals surface area contributed by atoms with E-state index in [2.05, 4.69) is 10.9 Å². The number of carbonyl (C=O) groups is 3. The van der Waals surface area contributed by atoms with E-state index in [0.717, 1.165) is 11.3 Å². The van der Waals surface area contributed by atoms with Gasteiger partial charge in [0.25, 0.3) is 11.8 Å². The number of ketones is 1. The van der Waals surface area contributed by atoms with Crippen LogP contribution in [0.1, 0.15) is 40.1 Å². The van der Waals surface area contributed by atoms with E-state index >= 15 is 0 Å². The highest BCUT2D eigenvalue weighted by molar-refractivity contribution is 7.15. The van der Waals surface area contributed by atoms with Gasteiger partial charge < -0.3 is 9.47 Å². The van der Waals surface area contributed by atoms with Gasteiger partial charge in [-0.1, -0.05) is 0 Å². The van der Waals surface area contributed by atoms with Crippen LogP contribution in [0.4, 0.5) is 0 Å². The van der Waals surface area contributed by atoms with Crippen LogP contribution >= 0.6 is 11.3 Å². The molecule has 1 aromatic carbocycles. The van der Waals surface area contributed by atoms with E-state index in [0.29, 0.717) is 27.9 Å². The molecule has 0 aliphatic rings. The van der Waals surface area contributed by atoms with Crippen molar-refractivity contribution in [2.75, 3.05) is 6.61 Å². The number of hydrazine groups is 1. The number of carbonyl (C=O) groups excluding carboxylic acids is 3. The minimum Gasteiger partial charge on any atom is -0.494 e. The summed E-state index contributed by atoms with van der Waals surface area (Å²) < 4.78 is 10.9. The summed E-state index contributed by atoms with van der Waals surface area (Å²) in [6.45, 7) is 5.45. The van der Waals surface area contributed by atoms with Crippen molar-refractivity contribution >= 4 is 28.9 Å². The topological polar surface area (TPSA) is 93.7 Å². The summed E-state index contributed by atoms with van der Waals surface area (Å²) in [4.78, 5) is 36.1. The zero-order chi connectivity index (χ0) is 19.1. The fraction of sp³-hybridized carbons (Fsp3) is 0.278. The molecule has 7 nitrogen and oxygen atoms in total. The molecule has 2 amide bonds. The van der Waals surface area contributed by atoms with E-state index in [9.17, 15) is 14.4 Å². The monoisotopic (exact) mass is 376 g/mol. The Labute approximate surface area is 155 Å². The van der Waals surface area contributed by atoms with E-state index in [1.54, 1.807) is 37.3 Å². The number of thiophene rings is 1. The van der Waals surface area contributed by atoms with E-state index in [4.69, 9.17) is 9.47 Å². The first-order valence-electron chi connectivity index (χ1n) is 8.01. The quantitative estimate of drug-likeness (QED) is 0.572. The Morgan fingerprint density at radius 1 is 1.00 bits per heavy atom. The van der Waals surface area contributed by atoms with Crippen molar-refractivity contribution in [3.63, 3.8) is 0 Å². The van der Waals surface area contributed by atoms with Gasteiger partial charge in [0.05, 0.1) is 16.4 Å². The molecule has 138 valence electrons. The average Bonchev–Trinajstić information content (AvgIpc) is 3.11. The molecule has 2 rings (SSSR count). The van der Waals surface area contributed by atoms with Crippen LogP contribution in [0.2, 0.25) is 0 Å². The Bertz CT molecular complexity index is 785. The highest BCUT2D eigenvalue weighted by Crippen LogP contribution is 2.19. The lowest BCUT2D eigenvalue weighted by Crippen LogP contribution is -2.47. The number of hydrogen-bond donors (Lipinski definition) is 2. The van der Waals surface area contributed by atoms with Gasteiger partial charge >= 0.3 is 0 Å². The maximum atomic E-state index is 12.0. The number of nitrogens with one attached hydrogen (secondary N) is 2. The molecule has 0 bridgehead atoms. The molecule has 0 saturated carbocycles. The van der Waals surface area contributed by atoms with Crippen LogP contribution in [0.25, 0.3) is 0 Å². The second-order valence-electron chi connectivity index (χ2n) is 5.33. The predicted octanol–water partition coefficient (Wildman–Crippen LogP) is 2.58. The normalized spacial score (nSPS) is 11.3. The van der Waals surface area contributed by atoms with E-state index in [1.165, 1.54) is 13.0 Å². The summed E-state index contributed by atoms with van der Waals surface area (Å²) in [6.07, 6.45) is -0.815. The third kappa shape index (κ3) is 5.32. The largest absolute Gasteiger partial charge is 0.494 e. The minimum atomic E-state index is -0.815. The lowest BCUT2D eigenvalue weighted by atomic mass is 10.3. The molecule has 2 N–H and O–H groups in total. The second kappa shape index (κ2) is 9.00. The SMILES string of the molecule is CCOc1ccc(O[C@H](C)C(=O)NNC(=O)c2ccc(C(C)=O)s2)cc1. The van der Waals surface area contributed by atoms with Crippen LogP contribution < -0.4 is 20.3 Å². The van der Waals surface area contributed by atoms with Crippen molar-refractivity contribution in [2.24, 2.45) is 0 Å². The molecule has 2 aromatic rings. The average molecular weight is 376 g/mol. The summed E-state index contributed by atoms with van der Waals surface area (Å²) in [5.41, 5.74) is 4.61. The van der Waals surface area contributed by atoms with Gasteiger partial charge in [-0.15, -0.1) is 11.3 Å². The Hall–Kier alpha value is -2.87. The first-order valence-corrected chi connectivity index (χ1v) is 8.82. The summed E-state index contributed by atoms with van der Waals surface area (Å²) in [5.74, 6) is 0.104. The second-order valence-corrected chi connectivity index (χ2v) is 6.41. The van der Waals surface area contributed by atoms with E-state index in [1.807, 2.05) is 6.92 Å². The summed E-state index contributed by atoms with van der Waals surface area (Å²) in [7, 11) is 0. The van der Waals surface area contributed by atoms with Gasteiger partial charge in [0.15, 0.2) is 11.9 Å². The molecule has 1 atom stereocenters. The molecule has 0 aliphatic carbocycles. The number of Topliss-reactive ketones (excluding diaryl/α,β-unsaturated/α-hetero) is 1. The summed E-state index contributed by atoms with van der Waals surface area (Å²) >= 11 is 1.06. The molecule has 0 aliphatic heterocycles. The zero-order valence-electron chi connectivity index (χ0n) is 14.7. The minimum absolute atomic E-state index is 0.115. The van der Waals surface area contributed by atoms with E-state index < -0.39 is 17.9 Å². The highest BCUT2D eigenvalue weighted by atomic mass is 32.1. The molecule has 1 aromatic heterocycles. The molecule has 26 heavy (non-hydrogen) atoms. The lowest BCUT2D eigenvalue weighted by molar-refractivity contribution is -0.128. The zero-order valence-corrected chi connectivity index (χ0v) is 15.5. The smallest absolute Gasteiger partial charge is 0.279 e. The van der Waals surface area contributed by atoms with Gasteiger partial charge in [0, 0.05) is 0 Å². The standard InChI is InChI=1S/C18H20N2O5S/c1-4-24-13-5-7-14(8-6-13)25-12(3)17(22)19-20-18(23)16-10-9-15(26-16)11(2)21/h5-10,12H,4H2,1-3H3,(H,19,22)(H,20,23)/t12-/m1/s1. The molecular weight excluding hydrogens is 356 g/mol. The Morgan fingerprint density at radius 3 is 2.19 bits per heavy atom. The van der Waals surface area contributed by atoms with Gasteiger partial charge in [-0.25, -0.2) is 0 Å². The number of amides is 2. The first-order chi connectivity index (χ1) is 12.4. The molecule has 8 heteroatoms. The third-order valence-corrected chi connectivity index (χ3v) is 4.48. The van der Waals surface area contributed by atoms with Crippen molar-refractivity contribution in [3.05, 3.63) is 46.2 Å². The number of benzene rings is 1. The first kappa shape index (κ1) is 19.5. The summed E-state index contributed by atoms with van der Waals surface area (Å²) in [5, 5.41) is 0. The van der Waals surface area contributed by atoms with Crippen LogP contribution in [0.5, 0.6) is 11.5 Å². The lowest BCUT2D eigenvalue weighted by Gasteiger charge is -2.15. The maximum absolute atomic E-state index is 12.0. The Kier molecular flexibility index (Phi) is 6.74. The fourth-order valence-electron chi connectivity index (χ4n) is 1.97. The van der Waals surface area contributed by atoms with Gasteiger partial charge in [0.2, 0.25) is 0 Å². The van der Waals surface area contributed by atoms with Crippen molar-refractivity contribution in [3.8, 4) is 11.5 Å². The Morgan fingerprint density at radius 2 is 1.62 bits per heavy atom. The van der Waals surface area contributed by atoms with Gasteiger partial charge in [-0.2, -0.15) is 0 Å².